The fourth-order valence-corrected chi connectivity index (χ4v) is 2.36. The monoisotopic (exact) mass is 255 g/mol. The summed E-state index contributed by atoms with van der Waals surface area (Å²) in [5.41, 5.74) is 0.0496. The van der Waals surface area contributed by atoms with Crippen molar-refractivity contribution in [1.82, 2.24) is 4.90 Å². The summed E-state index contributed by atoms with van der Waals surface area (Å²) < 4.78 is 26.5. The Morgan fingerprint density at radius 1 is 1.33 bits per heavy atom. The third-order valence-corrected chi connectivity index (χ3v) is 3.62. The Balaban J connectivity index is 1.98. The molecule has 1 saturated heterocycles. The van der Waals surface area contributed by atoms with Crippen LogP contribution in [0.2, 0.25) is 0 Å². The highest BCUT2D eigenvalue weighted by Gasteiger charge is 2.21. The quantitative estimate of drug-likeness (QED) is 0.897. The summed E-state index contributed by atoms with van der Waals surface area (Å²) in [5.74, 6) is -0.351. The zero-order chi connectivity index (χ0) is 13.1. The van der Waals surface area contributed by atoms with Crippen molar-refractivity contribution in [1.29, 1.82) is 0 Å². The van der Waals surface area contributed by atoms with Gasteiger partial charge in [-0.3, -0.25) is 0 Å². The number of β-amino-alcohol motifs (C(OH)–C–C–N with tert-alkyl or cyclic N) is 1. The van der Waals surface area contributed by atoms with Crippen LogP contribution in [-0.2, 0) is 0 Å². The van der Waals surface area contributed by atoms with Gasteiger partial charge in [-0.25, -0.2) is 8.78 Å². The molecule has 0 radical (unpaired) electrons. The number of halogens is 2. The summed E-state index contributed by atoms with van der Waals surface area (Å²) in [7, 11) is 0. The molecule has 0 amide bonds. The number of rotatable bonds is 3. The van der Waals surface area contributed by atoms with Gasteiger partial charge < -0.3 is 10.0 Å². The molecule has 18 heavy (non-hydrogen) atoms. The lowest BCUT2D eigenvalue weighted by atomic mass is 9.98. The van der Waals surface area contributed by atoms with Crippen molar-refractivity contribution in [3.8, 4) is 0 Å². The zero-order valence-corrected chi connectivity index (χ0v) is 10.6. The van der Waals surface area contributed by atoms with E-state index in [0.717, 1.165) is 44.1 Å². The molecule has 1 aliphatic heterocycles. The van der Waals surface area contributed by atoms with Crippen molar-refractivity contribution in [2.75, 3.05) is 19.6 Å². The second-order valence-corrected chi connectivity index (χ2v) is 5.16. The lowest BCUT2D eigenvalue weighted by molar-refractivity contribution is 0.0890. The molecule has 1 heterocycles. The maximum Gasteiger partial charge on any atom is 0.129 e. The van der Waals surface area contributed by atoms with Gasteiger partial charge in [-0.05, 0) is 50.0 Å². The van der Waals surface area contributed by atoms with Crippen LogP contribution >= 0.6 is 0 Å². The third-order valence-electron chi connectivity index (χ3n) is 3.62. The minimum atomic E-state index is -0.964. The Bertz CT molecular complexity index is 403. The highest BCUT2D eigenvalue weighted by Crippen LogP contribution is 2.22. The lowest BCUT2D eigenvalue weighted by Crippen LogP contribution is -2.36. The molecule has 1 aromatic rings. The molecule has 1 aliphatic rings. The van der Waals surface area contributed by atoms with Crippen LogP contribution in [0.1, 0.15) is 31.4 Å². The Labute approximate surface area is 106 Å². The van der Waals surface area contributed by atoms with Crippen molar-refractivity contribution in [3.05, 3.63) is 35.4 Å². The van der Waals surface area contributed by atoms with E-state index in [9.17, 15) is 13.9 Å². The molecule has 100 valence electrons. The first kappa shape index (κ1) is 13.4. The largest absolute Gasteiger partial charge is 0.387 e. The van der Waals surface area contributed by atoms with Crippen LogP contribution < -0.4 is 0 Å². The minimum absolute atomic E-state index is 0.0496. The van der Waals surface area contributed by atoms with Crippen LogP contribution in [0.4, 0.5) is 8.78 Å². The smallest absolute Gasteiger partial charge is 0.129 e. The lowest BCUT2D eigenvalue weighted by Gasteiger charge is -2.31. The summed E-state index contributed by atoms with van der Waals surface area (Å²) in [4.78, 5) is 2.11. The van der Waals surface area contributed by atoms with E-state index in [4.69, 9.17) is 0 Å². The molecule has 2 nitrogen and oxygen atoms in total. The molecule has 1 atom stereocenters. The van der Waals surface area contributed by atoms with Gasteiger partial charge in [0.25, 0.3) is 0 Å². The summed E-state index contributed by atoms with van der Waals surface area (Å²) in [6.07, 6.45) is 1.23. The average Bonchev–Trinajstić information content (AvgIpc) is 2.35. The predicted octanol–water partition coefficient (Wildman–Crippen LogP) is 2.73. The van der Waals surface area contributed by atoms with E-state index < -0.39 is 17.7 Å². The summed E-state index contributed by atoms with van der Waals surface area (Å²) >= 11 is 0. The number of piperidine rings is 1. The van der Waals surface area contributed by atoms with Crippen LogP contribution in [0.15, 0.2) is 18.2 Å². The second-order valence-electron chi connectivity index (χ2n) is 5.16. The van der Waals surface area contributed by atoms with E-state index in [1.54, 1.807) is 0 Å². The van der Waals surface area contributed by atoms with Crippen LogP contribution in [0, 0.1) is 17.6 Å². The van der Waals surface area contributed by atoms with Crippen molar-refractivity contribution in [2.45, 2.75) is 25.9 Å². The topological polar surface area (TPSA) is 23.5 Å². The van der Waals surface area contributed by atoms with Crippen molar-refractivity contribution >= 4 is 0 Å². The summed E-state index contributed by atoms with van der Waals surface area (Å²) in [6.45, 7) is 4.40. The van der Waals surface area contributed by atoms with Gasteiger partial charge in [-0.1, -0.05) is 6.92 Å². The number of nitrogens with zero attached hydrogens (tertiary/aromatic N) is 1. The first-order chi connectivity index (χ1) is 8.56. The Kier molecular flexibility index (Phi) is 4.30. The van der Waals surface area contributed by atoms with Crippen LogP contribution in [0.25, 0.3) is 0 Å². The molecule has 0 aliphatic carbocycles. The van der Waals surface area contributed by atoms with Gasteiger partial charge in [0.05, 0.1) is 6.10 Å². The van der Waals surface area contributed by atoms with E-state index in [1.165, 1.54) is 0 Å². The first-order valence-electron chi connectivity index (χ1n) is 6.41. The molecule has 2 rings (SSSR count). The van der Waals surface area contributed by atoms with Gasteiger partial charge in [-0.15, -0.1) is 0 Å². The van der Waals surface area contributed by atoms with E-state index in [0.29, 0.717) is 12.5 Å². The number of aliphatic hydroxyl groups is 1. The molecule has 4 heteroatoms. The van der Waals surface area contributed by atoms with Gasteiger partial charge in [-0.2, -0.15) is 0 Å². The van der Waals surface area contributed by atoms with Gasteiger partial charge in [0, 0.05) is 12.1 Å². The SMILES string of the molecule is CC1CCN(CC(O)c2cc(F)ccc2F)CC1. The molecule has 1 N–H and O–H groups in total. The average molecular weight is 255 g/mol. The number of likely N-dealkylation sites (tertiary alicyclic amines) is 1. The maximum atomic E-state index is 13.5. The molecule has 1 fully saturated rings. The molecule has 0 bridgehead atoms. The van der Waals surface area contributed by atoms with Gasteiger partial charge >= 0.3 is 0 Å². The van der Waals surface area contributed by atoms with Gasteiger partial charge in [0.1, 0.15) is 11.6 Å². The first-order valence-corrected chi connectivity index (χ1v) is 6.41. The Hall–Kier alpha value is -1.00. The molecule has 0 aromatic heterocycles. The summed E-state index contributed by atoms with van der Waals surface area (Å²) in [6, 6.07) is 3.20. The van der Waals surface area contributed by atoms with E-state index in [1.807, 2.05) is 0 Å². The third kappa shape index (κ3) is 3.27. The van der Waals surface area contributed by atoms with E-state index >= 15 is 0 Å². The van der Waals surface area contributed by atoms with Crippen molar-refractivity contribution in [3.63, 3.8) is 0 Å². The van der Waals surface area contributed by atoms with Crippen LogP contribution in [-0.4, -0.2) is 29.6 Å². The van der Waals surface area contributed by atoms with Crippen molar-refractivity contribution < 1.29 is 13.9 Å². The fourth-order valence-electron chi connectivity index (χ4n) is 2.36. The second kappa shape index (κ2) is 5.76. The Morgan fingerprint density at radius 3 is 2.67 bits per heavy atom. The standard InChI is InChI=1S/C14H19F2NO/c1-10-4-6-17(7-5-10)9-14(18)12-8-11(15)2-3-13(12)16/h2-3,8,10,14,18H,4-7,9H2,1H3. The highest BCUT2D eigenvalue weighted by atomic mass is 19.1. The fraction of sp³-hybridized carbons (Fsp3) is 0.571. The van der Waals surface area contributed by atoms with Crippen molar-refractivity contribution in [2.24, 2.45) is 5.92 Å². The number of benzene rings is 1. The molecule has 0 spiro atoms. The number of hydrogen-bond acceptors (Lipinski definition) is 2. The molecule has 1 unspecified atom stereocenters. The van der Waals surface area contributed by atoms with Gasteiger partial charge in [0.2, 0.25) is 0 Å². The van der Waals surface area contributed by atoms with E-state index in [-0.39, 0.29) is 5.56 Å². The minimum Gasteiger partial charge on any atom is -0.387 e. The van der Waals surface area contributed by atoms with Crippen LogP contribution in [0.5, 0.6) is 0 Å². The maximum absolute atomic E-state index is 13.5. The molecule has 1 aromatic carbocycles. The highest BCUT2D eigenvalue weighted by molar-refractivity contribution is 5.21. The van der Waals surface area contributed by atoms with E-state index in [2.05, 4.69) is 11.8 Å². The molecular formula is C14H19F2NO. The van der Waals surface area contributed by atoms with Gasteiger partial charge in [0.15, 0.2) is 0 Å². The Morgan fingerprint density at radius 2 is 2.00 bits per heavy atom. The normalized spacial score (nSPS) is 20.0. The predicted molar refractivity (Wildman–Crippen MR) is 66.2 cm³/mol. The molecule has 0 saturated carbocycles. The molecular weight excluding hydrogens is 236 g/mol. The van der Waals surface area contributed by atoms with Crippen LogP contribution in [0.3, 0.4) is 0 Å². The zero-order valence-electron chi connectivity index (χ0n) is 10.6. The summed E-state index contributed by atoms with van der Waals surface area (Å²) in [5, 5.41) is 10.00. The number of aliphatic hydroxyl groups excluding tert-OH is 1. The number of hydrogen-bond donors (Lipinski definition) is 1.